The summed E-state index contributed by atoms with van der Waals surface area (Å²) < 4.78 is 0. The van der Waals surface area contributed by atoms with E-state index in [-0.39, 0.29) is 11.8 Å². The fourth-order valence-electron chi connectivity index (χ4n) is 3.42. The number of aromatic nitrogens is 4. The van der Waals surface area contributed by atoms with Gasteiger partial charge in [0.05, 0.1) is 22.1 Å². The summed E-state index contributed by atoms with van der Waals surface area (Å²) in [5, 5.41) is 7.09. The van der Waals surface area contributed by atoms with Crippen LogP contribution in [0.2, 0.25) is 0 Å². The standard InChI is InChI=1S/C21H24N6OS2/c1-12-13(2)30-21(22-12)26-19-9-18(23-14(3)24-19)16-7-8-27(10-16)20(28)6-5-17-11-29-15(4)25-17/h5-6,9,11,16H,7-8,10H2,1-4H3,(H,22,23,24,26)/b6-5+/t16-/m1/s1. The number of hydrogen-bond donors (Lipinski definition) is 1. The van der Waals surface area contributed by atoms with E-state index in [0.717, 1.165) is 46.0 Å². The molecule has 3 aromatic rings. The van der Waals surface area contributed by atoms with Crippen molar-refractivity contribution >= 4 is 45.6 Å². The molecule has 1 fully saturated rings. The molecule has 1 saturated heterocycles. The summed E-state index contributed by atoms with van der Waals surface area (Å²) >= 11 is 3.20. The number of carbonyl (C=O) groups is 1. The quantitative estimate of drug-likeness (QED) is 0.592. The van der Waals surface area contributed by atoms with Gasteiger partial charge in [-0.25, -0.2) is 19.9 Å². The van der Waals surface area contributed by atoms with Gasteiger partial charge in [0, 0.05) is 41.4 Å². The van der Waals surface area contributed by atoms with Crippen molar-refractivity contribution in [3.63, 3.8) is 0 Å². The van der Waals surface area contributed by atoms with Crippen molar-refractivity contribution < 1.29 is 4.79 Å². The summed E-state index contributed by atoms with van der Waals surface area (Å²) in [6.45, 7) is 9.29. The van der Waals surface area contributed by atoms with E-state index in [0.29, 0.717) is 12.4 Å². The van der Waals surface area contributed by atoms with Crippen molar-refractivity contribution in [2.75, 3.05) is 18.4 Å². The predicted octanol–water partition coefficient (Wildman–Crippen LogP) is 4.40. The van der Waals surface area contributed by atoms with E-state index >= 15 is 0 Å². The Morgan fingerprint density at radius 1 is 1.20 bits per heavy atom. The molecule has 1 N–H and O–H groups in total. The number of nitrogens with one attached hydrogen (secondary N) is 1. The molecule has 1 aliphatic heterocycles. The first-order chi connectivity index (χ1) is 14.4. The number of likely N-dealkylation sites (tertiary alicyclic amines) is 1. The van der Waals surface area contributed by atoms with Crippen LogP contribution in [0.25, 0.3) is 6.08 Å². The molecule has 0 bridgehead atoms. The first kappa shape index (κ1) is 20.6. The van der Waals surface area contributed by atoms with Crippen molar-refractivity contribution in [3.8, 4) is 0 Å². The molecule has 4 rings (SSSR count). The minimum Gasteiger partial charge on any atom is -0.338 e. The van der Waals surface area contributed by atoms with Crippen molar-refractivity contribution in [2.24, 2.45) is 0 Å². The monoisotopic (exact) mass is 440 g/mol. The lowest BCUT2D eigenvalue weighted by Gasteiger charge is -2.15. The molecule has 1 amide bonds. The Hall–Kier alpha value is -2.65. The fraction of sp³-hybridized carbons (Fsp3) is 0.381. The highest BCUT2D eigenvalue weighted by Gasteiger charge is 2.28. The van der Waals surface area contributed by atoms with Crippen molar-refractivity contribution in [2.45, 2.75) is 40.0 Å². The molecule has 0 spiro atoms. The number of nitrogens with zero attached hydrogens (tertiary/aromatic N) is 5. The second-order valence-corrected chi connectivity index (χ2v) is 9.67. The van der Waals surface area contributed by atoms with Crippen LogP contribution in [0, 0.1) is 27.7 Å². The number of amides is 1. The zero-order valence-corrected chi connectivity index (χ0v) is 19.1. The van der Waals surface area contributed by atoms with Crippen molar-refractivity contribution in [3.05, 3.63) is 50.3 Å². The highest BCUT2D eigenvalue weighted by Crippen LogP contribution is 2.29. The van der Waals surface area contributed by atoms with E-state index in [1.165, 1.54) is 4.88 Å². The van der Waals surface area contributed by atoms with Crippen LogP contribution in [0.3, 0.4) is 0 Å². The van der Waals surface area contributed by atoms with Crippen LogP contribution in [0.4, 0.5) is 10.9 Å². The van der Waals surface area contributed by atoms with Crippen LogP contribution in [0.15, 0.2) is 17.5 Å². The van der Waals surface area contributed by atoms with Crippen molar-refractivity contribution in [1.29, 1.82) is 0 Å². The largest absolute Gasteiger partial charge is 0.338 e. The van der Waals surface area contributed by atoms with E-state index in [1.54, 1.807) is 34.8 Å². The number of anilines is 2. The average molecular weight is 441 g/mol. The molecule has 1 aliphatic rings. The van der Waals surface area contributed by atoms with E-state index < -0.39 is 0 Å². The molecule has 0 aromatic carbocycles. The number of aryl methyl sites for hydroxylation is 4. The number of carbonyl (C=O) groups excluding carboxylic acids is 1. The Kier molecular flexibility index (Phi) is 5.92. The lowest BCUT2D eigenvalue weighted by atomic mass is 10.0. The maximum absolute atomic E-state index is 12.6. The first-order valence-corrected chi connectivity index (χ1v) is 11.5. The lowest BCUT2D eigenvalue weighted by molar-refractivity contribution is -0.124. The van der Waals surface area contributed by atoms with Gasteiger partial charge in [-0.2, -0.15) is 0 Å². The van der Waals surface area contributed by atoms with Gasteiger partial charge in [-0.1, -0.05) is 0 Å². The summed E-state index contributed by atoms with van der Waals surface area (Å²) in [6.07, 6.45) is 4.29. The van der Waals surface area contributed by atoms with Gasteiger partial charge in [0.25, 0.3) is 0 Å². The average Bonchev–Trinajstić information content (AvgIpc) is 3.41. The molecule has 0 aliphatic carbocycles. The third-order valence-corrected chi connectivity index (χ3v) is 6.85. The Balaban J connectivity index is 1.43. The smallest absolute Gasteiger partial charge is 0.246 e. The third-order valence-electron chi connectivity index (χ3n) is 5.07. The molecular formula is C21H24N6OS2. The molecular weight excluding hydrogens is 416 g/mol. The zero-order chi connectivity index (χ0) is 21.3. The zero-order valence-electron chi connectivity index (χ0n) is 17.5. The Morgan fingerprint density at radius 3 is 2.73 bits per heavy atom. The minimum atomic E-state index is 0.0148. The lowest BCUT2D eigenvalue weighted by Crippen LogP contribution is -2.26. The molecule has 7 nitrogen and oxygen atoms in total. The molecule has 30 heavy (non-hydrogen) atoms. The SMILES string of the molecule is Cc1nc(Nc2nc(C)c(C)s2)cc([C@@H]2CCN(C(=O)/C=C/c3csc(C)n3)C2)n1. The second kappa shape index (κ2) is 8.61. The predicted molar refractivity (Wildman–Crippen MR) is 121 cm³/mol. The van der Waals surface area contributed by atoms with Gasteiger partial charge in [-0.05, 0) is 40.2 Å². The highest BCUT2D eigenvalue weighted by atomic mass is 32.1. The summed E-state index contributed by atoms with van der Waals surface area (Å²) in [7, 11) is 0. The summed E-state index contributed by atoms with van der Waals surface area (Å²) in [5.41, 5.74) is 2.82. The summed E-state index contributed by atoms with van der Waals surface area (Å²) in [4.78, 5) is 33.7. The van der Waals surface area contributed by atoms with Gasteiger partial charge in [-0.15, -0.1) is 22.7 Å². The molecule has 1 atom stereocenters. The first-order valence-electron chi connectivity index (χ1n) is 9.83. The van der Waals surface area contributed by atoms with Crippen molar-refractivity contribution in [1.82, 2.24) is 24.8 Å². The molecule has 0 radical (unpaired) electrons. The number of thiazole rings is 2. The van der Waals surface area contributed by atoms with Crippen LogP contribution < -0.4 is 5.32 Å². The number of hydrogen-bond acceptors (Lipinski definition) is 8. The minimum absolute atomic E-state index is 0.0148. The summed E-state index contributed by atoms with van der Waals surface area (Å²) in [5.74, 6) is 1.67. The van der Waals surface area contributed by atoms with E-state index in [1.807, 2.05) is 37.1 Å². The molecule has 9 heteroatoms. The Morgan fingerprint density at radius 2 is 2.03 bits per heavy atom. The van der Waals surface area contributed by atoms with Gasteiger partial charge < -0.3 is 10.2 Å². The molecule has 0 saturated carbocycles. The number of rotatable bonds is 5. The van der Waals surface area contributed by atoms with Crippen LogP contribution in [-0.2, 0) is 4.79 Å². The molecule has 3 aromatic heterocycles. The van der Waals surface area contributed by atoms with Crippen LogP contribution in [0.5, 0.6) is 0 Å². The second-order valence-electron chi connectivity index (χ2n) is 7.41. The van der Waals surface area contributed by atoms with Gasteiger partial charge in [-0.3, -0.25) is 4.79 Å². The van der Waals surface area contributed by atoms with Crippen LogP contribution in [0.1, 0.15) is 45.1 Å². The van der Waals surface area contributed by atoms with Gasteiger partial charge >= 0.3 is 0 Å². The molecule has 4 heterocycles. The van der Waals surface area contributed by atoms with Gasteiger partial charge in [0.2, 0.25) is 5.91 Å². The fourth-order valence-corrected chi connectivity index (χ4v) is 4.82. The molecule has 156 valence electrons. The Bertz CT molecular complexity index is 1080. The topological polar surface area (TPSA) is 83.9 Å². The summed E-state index contributed by atoms with van der Waals surface area (Å²) in [6, 6.07) is 1.98. The van der Waals surface area contributed by atoms with Crippen LogP contribution in [-0.4, -0.2) is 43.8 Å². The normalized spacial score (nSPS) is 16.5. The maximum Gasteiger partial charge on any atom is 0.246 e. The van der Waals surface area contributed by atoms with E-state index in [4.69, 9.17) is 0 Å². The van der Waals surface area contributed by atoms with E-state index in [2.05, 4.69) is 32.2 Å². The Labute approximate surface area is 183 Å². The highest BCUT2D eigenvalue weighted by molar-refractivity contribution is 7.15. The van der Waals surface area contributed by atoms with E-state index in [9.17, 15) is 4.79 Å². The van der Waals surface area contributed by atoms with Crippen LogP contribution >= 0.6 is 22.7 Å². The third kappa shape index (κ3) is 4.73. The molecule has 0 unspecified atom stereocenters. The van der Waals surface area contributed by atoms with Gasteiger partial charge in [0.15, 0.2) is 5.13 Å². The van der Waals surface area contributed by atoms with Gasteiger partial charge in [0.1, 0.15) is 11.6 Å². The maximum atomic E-state index is 12.6.